The van der Waals surface area contributed by atoms with Crippen molar-refractivity contribution in [3.8, 4) is 0 Å². The molecule has 0 bridgehead atoms. The Morgan fingerprint density at radius 3 is 2.70 bits per heavy atom. The molecule has 2 aliphatic rings. The third kappa shape index (κ3) is 2.50. The summed E-state index contributed by atoms with van der Waals surface area (Å²) in [6.07, 6.45) is 2.21. The fourth-order valence-corrected chi connectivity index (χ4v) is 3.86. The first-order chi connectivity index (χ1) is 9.29. The van der Waals surface area contributed by atoms with E-state index in [0.717, 1.165) is 5.57 Å². The molecule has 0 radical (unpaired) electrons. The Morgan fingerprint density at radius 2 is 2.15 bits per heavy atom. The zero-order valence-electron chi connectivity index (χ0n) is 12.0. The van der Waals surface area contributed by atoms with Gasteiger partial charge in [-0.2, -0.15) is 0 Å². The Balaban J connectivity index is 2.32. The van der Waals surface area contributed by atoms with Gasteiger partial charge in [0.15, 0.2) is 0 Å². The number of fused-ring (bicyclic) bond motifs is 1. The molecule has 0 aromatic heterocycles. The van der Waals surface area contributed by atoms with Crippen LogP contribution in [0, 0.1) is 23.2 Å². The second-order valence-corrected chi connectivity index (χ2v) is 6.59. The lowest BCUT2D eigenvalue weighted by Crippen LogP contribution is -2.47. The number of aliphatic hydroxyl groups excluding tert-OH is 3. The van der Waals surface area contributed by atoms with Crippen molar-refractivity contribution in [1.29, 1.82) is 0 Å². The van der Waals surface area contributed by atoms with Crippen molar-refractivity contribution in [2.24, 2.45) is 23.2 Å². The molecule has 4 N–H and O–H groups in total. The van der Waals surface area contributed by atoms with Crippen LogP contribution in [0.1, 0.15) is 33.1 Å². The van der Waals surface area contributed by atoms with E-state index in [-0.39, 0.29) is 17.4 Å². The fourth-order valence-electron chi connectivity index (χ4n) is 3.86. The van der Waals surface area contributed by atoms with Crippen molar-refractivity contribution >= 4 is 5.97 Å². The topological polar surface area (TPSA) is 98.0 Å². The van der Waals surface area contributed by atoms with E-state index in [1.807, 2.05) is 0 Å². The summed E-state index contributed by atoms with van der Waals surface area (Å²) >= 11 is 0. The van der Waals surface area contributed by atoms with Gasteiger partial charge in [-0.15, -0.1) is 0 Å². The summed E-state index contributed by atoms with van der Waals surface area (Å²) in [5.41, 5.74) is 0.820. The average molecular weight is 284 g/mol. The van der Waals surface area contributed by atoms with Crippen molar-refractivity contribution in [3.05, 3.63) is 11.6 Å². The molecule has 1 unspecified atom stereocenters. The highest BCUT2D eigenvalue weighted by molar-refractivity contribution is 5.70. The molecule has 0 aromatic rings. The first-order valence-electron chi connectivity index (χ1n) is 7.20. The Bertz CT molecular complexity index is 418. The minimum Gasteiger partial charge on any atom is -0.481 e. The molecule has 0 aromatic carbocycles. The van der Waals surface area contributed by atoms with Crippen LogP contribution in [0.2, 0.25) is 0 Å². The minimum atomic E-state index is -1.07. The monoisotopic (exact) mass is 284 g/mol. The minimum absolute atomic E-state index is 0.202. The first-order valence-corrected chi connectivity index (χ1v) is 7.20. The molecule has 5 nitrogen and oxygen atoms in total. The predicted molar refractivity (Wildman–Crippen MR) is 72.9 cm³/mol. The number of aliphatic hydroxyl groups is 3. The van der Waals surface area contributed by atoms with Gasteiger partial charge in [0.25, 0.3) is 0 Å². The molecular weight excluding hydrogens is 260 g/mol. The molecular formula is C15H24O5. The smallest absolute Gasteiger partial charge is 0.309 e. The maximum Gasteiger partial charge on any atom is 0.309 e. The first kappa shape index (κ1) is 15.5. The zero-order chi connectivity index (χ0) is 15.1. The molecule has 114 valence electrons. The maximum atomic E-state index is 11.2. The second kappa shape index (κ2) is 5.47. The number of carboxylic acids is 1. The highest BCUT2D eigenvalue weighted by atomic mass is 16.4. The summed E-state index contributed by atoms with van der Waals surface area (Å²) < 4.78 is 0. The van der Waals surface area contributed by atoms with Gasteiger partial charge in [-0.05, 0) is 30.6 Å². The van der Waals surface area contributed by atoms with Crippen LogP contribution >= 0.6 is 0 Å². The van der Waals surface area contributed by atoms with Crippen LogP contribution < -0.4 is 0 Å². The Hall–Kier alpha value is -0.910. The van der Waals surface area contributed by atoms with Crippen molar-refractivity contribution in [2.45, 2.75) is 45.3 Å². The number of carboxylic acid groups (broad SMARTS) is 1. The van der Waals surface area contributed by atoms with Gasteiger partial charge in [-0.3, -0.25) is 4.79 Å². The number of carbonyl (C=O) groups is 1. The molecule has 0 amide bonds. The van der Waals surface area contributed by atoms with Gasteiger partial charge in [-0.1, -0.05) is 25.5 Å². The molecule has 0 heterocycles. The Kier molecular flexibility index (Phi) is 4.23. The van der Waals surface area contributed by atoms with E-state index in [4.69, 9.17) is 0 Å². The molecule has 0 aliphatic heterocycles. The summed E-state index contributed by atoms with van der Waals surface area (Å²) in [6, 6.07) is 0. The van der Waals surface area contributed by atoms with Gasteiger partial charge >= 0.3 is 5.97 Å². The second-order valence-electron chi connectivity index (χ2n) is 6.59. The van der Waals surface area contributed by atoms with Crippen molar-refractivity contribution in [1.82, 2.24) is 0 Å². The quantitative estimate of drug-likeness (QED) is 0.574. The summed E-state index contributed by atoms with van der Waals surface area (Å²) in [5.74, 6) is -2.27. The number of aliphatic carboxylic acids is 1. The molecule has 0 saturated heterocycles. The summed E-state index contributed by atoms with van der Waals surface area (Å²) in [5, 5.41) is 38.6. The molecule has 2 rings (SSSR count). The molecule has 5 heteroatoms. The highest BCUT2D eigenvalue weighted by Gasteiger charge is 2.48. The number of hydrogen-bond donors (Lipinski definition) is 4. The van der Waals surface area contributed by atoms with Crippen LogP contribution in [0.4, 0.5) is 0 Å². The molecule has 20 heavy (non-hydrogen) atoms. The summed E-state index contributed by atoms with van der Waals surface area (Å²) in [7, 11) is 0. The largest absolute Gasteiger partial charge is 0.481 e. The van der Waals surface area contributed by atoms with Crippen LogP contribution in [0.3, 0.4) is 0 Å². The maximum absolute atomic E-state index is 11.2. The predicted octanol–water partition coefficient (Wildman–Crippen LogP) is 0.784. The molecule has 0 spiro atoms. The molecule has 2 aliphatic carbocycles. The standard InChI is InChI=1S/C15H24O5/c1-8-3-10(17)4-9-5-13(18)11(6-15(8,9)2)12(7-16)14(19)20/h5,8,10-13,16-18H,3-4,6-7H2,1-2H3,(H,19,20)/t8-,10-,11+,12?,13+,15+/m0/s1. The average Bonchev–Trinajstić information content (AvgIpc) is 2.33. The van der Waals surface area contributed by atoms with Gasteiger partial charge in [0.1, 0.15) is 0 Å². The van der Waals surface area contributed by atoms with Crippen molar-refractivity contribution in [2.75, 3.05) is 6.61 Å². The highest BCUT2D eigenvalue weighted by Crippen LogP contribution is 2.53. The van der Waals surface area contributed by atoms with Gasteiger partial charge < -0.3 is 20.4 Å². The normalized spacial score (nSPS) is 42.5. The van der Waals surface area contributed by atoms with Crippen LogP contribution in [-0.2, 0) is 4.79 Å². The van der Waals surface area contributed by atoms with Gasteiger partial charge in [0.05, 0.1) is 24.7 Å². The van der Waals surface area contributed by atoms with Crippen molar-refractivity contribution < 1.29 is 25.2 Å². The zero-order valence-corrected chi connectivity index (χ0v) is 12.0. The molecule has 6 atom stereocenters. The molecule has 1 saturated carbocycles. The lowest BCUT2D eigenvalue weighted by atomic mass is 9.56. The van der Waals surface area contributed by atoms with Crippen LogP contribution in [-0.4, -0.2) is 45.2 Å². The van der Waals surface area contributed by atoms with Gasteiger partial charge in [0, 0.05) is 5.92 Å². The van der Waals surface area contributed by atoms with E-state index >= 15 is 0 Å². The lowest BCUT2D eigenvalue weighted by molar-refractivity contribution is -0.148. The van der Waals surface area contributed by atoms with E-state index in [2.05, 4.69) is 13.8 Å². The van der Waals surface area contributed by atoms with E-state index < -0.39 is 30.5 Å². The van der Waals surface area contributed by atoms with E-state index in [9.17, 15) is 25.2 Å². The van der Waals surface area contributed by atoms with Gasteiger partial charge in [0.2, 0.25) is 0 Å². The van der Waals surface area contributed by atoms with Crippen molar-refractivity contribution in [3.63, 3.8) is 0 Å². The van der Waals surface area contributed by atoms with Crippen LogP contribution in [0.25, 0.3) is 0 Å². The number of hydrogen-bond acceptors (Lipinski definition) is 4. The van der Waals surface area contributed by atoms with Gasteiger partial charge in [-0.25, -0.2) is 0 Å². The van der Waals surface area contributed by atoms with Crippen LogP contribution in [0.5, 0.6) is 0 Å². The fraction of sp³-hybridized carbons (Fsp3) is 0.800. The Labute approximate surface area is 118 Å². The third-order valence-electron chi connectivity index (χ3n) is 5.40. The van der Waals surface area contributed by atoms with E-state index in [1.165, 1.54) is 0 Å². The summed E-state index contributed by atoms with van der Waals surface area (Å²) in [4.78, 5) is 11.2. The lowest BCUT2D eigenvalue weighted by Gasteiger charge is -2.50. The Morgan fingerprint density at radius 1 is 1.50 bits per heavy atom. The van der Waals surface area contributed by atoms with E-state index in [0.29, 0.717) is 19.3 Å². The van der Waals surface area contributed by atoms with Crippen LogP contribution in [0.15, 0.2) is 11.6 Å². The van der Waals surface area contributed by atoms with E-state index in [1.54, 1.807) is 6.08 Å². The summed E-state index contributed by atoms with van der Waals surface area (Å²) in [6.45, 7) is 3.66. The molecule has 1 fully saturated rings. The number of rotatable bonds is 3. The third-order valence-corrected chi connectivity index (χ3v) is 5.40. The SMILES string of the molecule is C[C@H]1C[C@H](O)CC2=C[C@@H](O)[C@@H](C(CO)C(=O)O)C[C@@]21C.